The third-order valence-corrected chi connectivity index (χ3v) is 3.26. The Labute approximate surface area is 123 Å². The molecule has 0 fully saturated rings. The van der Waals surface area contributed by atoms with Gasteiger partial charge in [0.2, 0.25) is 0 Å². The van der Waals surface area contributed by atoms with E-state index in [0.29, 0.717) is 16.5 Å². The molecule has 0 aliphatic rings. The van der Waals surface area contributed by atoms with Crippen LogP contribution in [-0.2, 0) is 0 Å². The average Bonchev–Trinajstić information content (AvgIpc) is 2.48. The Balaban J connectivity index is 2.52. The standard InChI is InChI=1S/C16H15NO2S/c1-17(2)16(20)19-15-13(11-18)9-6-10-14(15)12-7-4-3-5-8-12/h3-11H,1-2H3. The first-order valence-electron chi connectivity index (χ1n) is 6.16. The predicted molar refractivity (Wildman–Crippen MR) is 84.2 cm³/mol. The minimum absolute atomic E-state index is 0.316. The lowest BCUT2D eigenvalue weighted by Crippen LogP contribution is -2.25. The van der Waals surface area contributed by atoms with Crippen LogP contribution < -0.4 is 4.74 Å². The Kier molecular flexibility index (Phi) is 4.48. The lowest BCUT2D eigenvalue weighted by molar-refractivity contribution is 0.112. The minimum atomic E-state index is 0.316. The first kappa shape index (κ1) is 14.2. The molecule has 0 aliphatic carbocycles. The van der Waals surface area contributed by atoms with E-state index in [1.807, 2.05) is 42.5 Å². The summed E-state index contributed by atoms with van der Waals surface area (Å²) in [7, 11) is 3.60. The van der Waals surface area contributed by atoms with E-state index in [9.17, 15) is 4.79 Å². The molecule has 0 unspecified atom stereocenters. The number of hydrogen-bond donors (Lipinski definition) is 0. The Bertz CT molecular complexity index is 624. The number of carbonyl (C=O) groups excluding carboxylic acids is 1. The number of rotatable bonds is 3. The second-order valence-corrected chi connectivity index (χ2v) is 4.82. The number of thiocarbonyl (C=S) groups is 1. The van der Waals surface area contributed by atoms with Gasteiger partial charge in [0.1, 0.15) is 5.75 Å². The fourth-order valence-corrected chi connectivity index (χ4v) is 1.87. The summed E-state index contributed by atoms with van der Waals surface area (Å²) < 4.78 is 5.71. The van der Waals surface area contributed by atoms with Crippen molar-refractivity contribution in [3.63, 3.8) is 0 Å². The lowest BCUT2D eigenvalue weighted by atomic mass is 10.0. The second-order valence-electron chi connectivity index (χ2n) is 4.47. The highest BCUT2D eigenvalue weighted by Crippen LogP contribution is 2.32. The molecule has 0 spiro atoms. The molecule has 0 atom stereocenters. The SMILES string of the molecule is CN(C)C(=S)Oc1c(C=O)cccc1-c1ccccc1. The molecule has 3 nitrogen and oxygen atoms in total. The molecule has 0 aromatic heterocycles. The summed E-state index contributed by atoms with van der Waals surface area (Å²) in [5.74, 6) is 0.493. The molecule has 0 bridgehead atoms. The van der Waals surface area contributed by atoms with Crippen molar-refractivity contribution in [3.8, 4) is 16.9 Å². The fraction of sp³-hybridized carbons (Fsp3) is 0.125. The molecule has 0 heterocycles. The zero-order valence-electron chi connectivity index (χ0n) is 11.4. The molecule has 2 aromatic carbocycles. The van der Waals surface area contributed by atoms with Gasteiger partial charge in [-0.3, -0.25) is 4.79 Å². The summed E-state index contributed by atoms with van der Waals surface area (Å²) in [4.78, 5) is 12.9. The maximum absolute atomic E-state index is 11.2. The highest BCUT2D eigenvalue weighted by molar-refractivity contribution is 7.80. The van der Waals surface area contributed by atoms with Crippen LogP contribution in [0.5, 0.6) is 5.75 Å². The molecule has 2 aromatic rings. The summed E-state index contributed by atoms with van der Waals surface area (Å²) in [6.45, 7) is 0. The van der Waals surface area contributed by atoms with E-state index in [4.69, 9.17) is 17.0 Å². The van der Waals surface area contributed by atoms with Crippen LogP contribution in [0.3, 0.4) is 0 Å². The number of aldehydes is 1. The van der Waals surface area contributed by atoms with Crippen molar-refractivity contribution in [2.75, 3.05) is 14.1 Å². The molecule has 20 heavy (non-hydrogen) atoms. The van der Waals surface area contributed by atoms with Gasteiger partial charge in [0.05, 0.1) is 5.56 Å². The van der Waals surface area contributed by atoms with E-state index in [1.54, 1.807) is 25.1 Å². The Morgan fingerprint density at radius 3 is 2.40 bits per heavy atom. The van der Waals surface area contributed by atoms with E-state index in [-0.39, 0.29) is 0 Å². The molecule has 4 heteroatoms. The van der Waals surface area contributed by atoms with Crippen LogP contribution in [-0.4, -0.2) is 30.5 Å². The smallest absolute Gasteiger partial charge is 0.264 e. The van der Waals surface area contributed by atoms with E-state index in [0.717, 1.165) is 17.4 Å². The molecule has 0 radical (unpaired) electrons. The maximum Gasteiger partial charge on any atom is 0.264 e. The van der Waals surface area contributed by atoms with Crippen molar-refractivity contribution in [2.45, 2.75) is 0 Å². The van der Waals surface area contributed by atoms with Gasteiger partial charge in [-0.05, 0) is 23.8 Å². The van der Waals surface area contributed by atoms with E-state index < -0.39 is 0 Å². The summed E-state index contributed by atoms with van der Waals surface area (Å²) >= 11 is 5.16. The van der Waals surface area contributed by atoms with Gasteiger partial charge >= 0.3 is 0 Å². The molecule has 0 saturated heterocycles. The molecule has 0 saturated carbocycles. The van der Waals surface area contributed by atoms with Crippen LogP contribution in [0, 0.1) is 0 Å². The number of carbonyl (C=O) groups is 1. The number of benzene rings is 2. The normalized spacial score (nSPS) is 9.90. The van der Waals surface area contributed by atoms with Crippen molar-refractivity contribution >= 4 is 23.7 Å². The van der Waals surface area contributed by atoms with E-state index >= 15 is 0 Å². The summed E-state index contributed by atoms with van der Waals surface area (Å²) in [5, 5.41) is 0.316. The fourth-order valence-electron chi connectivity index (χ4n) is 1.79. The highest BCUT2D eigenvalue weighted by Gasteiger charge is 2.14. The second kappa shape index (κ2) is 6.30. The van der Waals surface area contributed by atoms with Crippen LogP contribution in [0.15, 0.2) is 48.5 Å². The van der Waals surface area contributed by atoms with Crippen molar-refractivity contribution in [3.05, 3.63) is 54.1 Å². The number of ether oxygens (including phenoxy) is 1. The molecule has 0 N–H and O–H groups in total. The summed E-state index contributed by atoms with van der Waals surface area (Å²) in [5.41, 5.74) is 2.31. The zero-order chi connectivity index (χ0) is 14.5. The lowest BCUT2D eigenvalue weighted by Gasteiger charge is -2.18. The van der Waals surface area contributed by atoms with Crippen LogP contribution in [0.4, 0.5) is 0 Å². The highest BCUT2D eigenvalue weighted by atomic mass is 32.1. The third-order valence-electron chi connectivity index (χ3n) is 2.81. The monoisotopic (exact) mass is 285 g/mol. The van der Waals surface area contributed by atoms with E-state index in [1.165, 1.54) is 0 Å². The molecular formula is C16H15NO2S. The van der Waals surface area contributed by atoms with Gasteiger partial charge in [0, 0.05) is 19.7 Å². The summed E-state index contributed by atoms with van der Waals surface area (Å²) in [6, 6.07) is 15.2. The van der Waals surface area contributed by atoms with Gasteiger partial charge < -0.3 is 9.64 Å². The first-order valence-corrected chi connectivity index (χ1v) is 6.57. The quantitative estimate of drug-likeness (QED) is 0.638. The van der Waals surface area contributed by atoms with Crippen molar-refractivity contribution in [1.82, 2.24) is 4.90 Å². The molecule has 102 valence electrons. The van der Waals surface area contributed by atoms with Crippen molar-refractivity contribution in [2.24, 2.45) is 0 Å². The molecule has 2 rings (SSSR count). The third kappa shape index (κ3) is 3.03. The molecule has 0 amide bonds. The van der Waals surface area contributed by atoms with Gasteiger partial charge in [-0.25, -0.2) is 0 Å². The number of hydrogen-bond acceptors (Lipinski definition) is 3. The van der Waals surface area contributed by atoms with E-state index in [2.05, 4.69) is 0 Å². The van der Waals surface area contributed by atoms with Crippen LogP contribution in [0.25, 0.3) is 11.1 Å². The van der Waals surface area contributed by atoms with Gasteiger partial charge in [-0.1, -0.05) is 42.5 Å². The average molecular weight is 285 g/mol. The first-order chi connectivity index (χ1) is 9.63. The number of nitrogens with zero attached hydrogens (tertiary/aromatic N) is 1. The molecule has 0 aliphatic heterocycles. The maximum atomic E-state index is 11.2. The van der Waals surface area contributed by atoms with Crippen molar-refractivity contribution < 1.29 is 9.53 Å². The largest absolute Gasteiger partial charge is 0.430 e. The Morgan fingerprint density at radius 1 is 1.10 bits per heavy atom. The van der Waals surface area contributed by atoms with Crippen LogP contribution in [0.2, 0.25) is 0 Å². The van der Waals surface area contributed by atoms with Crippen LogP contribution in [0.1, 0.15) is 10.4 Å². The van der Waals surface area contributed by atoms with Gasteiger partial charge in [0.25, 0.3) is 5.17 Å². The minimum Gasteiger partial charge on any atom is -0.430 e. The van der Waals surface area contributed by atoms with Gasteiger partial charge in [0.15, 0.2) is 6.29 Å². The molecular weight excluding hydrogens is 270 g/mol. The topological polar surface area (TPSA) is 29.5 Å². The summed E-state index contributed by atoms with van der Waals surface area (Å²) in [6.07, 6.45) is 0.778. The Hall–Kier alpha value is -2.20. The Morgan fingerprint density at radius 2 is 1.80 bits per heavy atom. The van der Waals surface area contributed by atoms with Gasteiger partial charge in [-0.15, -0.1) is 0 Å². The number of para-hydroxylation sites is 1. The van der Waals surface area contributed by atoms with Crippen LogP contribution >= 0.6 is 12.2 Å². The van der Waals surface area contributed by atoms with Crippen molar-refractivity contribution in [1.29, 1.82) is 0 Å². The zero-order valence-corrected chi connectivity index (χ0v) is 12.2. The van der Waals surface area contributed by atoms with Gasteiger partial charge in [-0.2, -0.15) is 0 Å². The predicted octanol–water partition coefficient (Wildman–Crippen LogP) is 3.39.